The van der Waals surface area contributed by atoms with Crippen molar-refractivity contribution in [1.82, 2.24) is 5.32 Å². The number of amides is 1. The predicted molar refractivity (Wildman–Crippen MR) is 81.3 cm³/mol. The third kappa shape index (κ3) is 3.97. The lowest BCUT2D eigenvalue weighted by molar-refractivity contribution is -0.142. The standard InChI is InChI=1S/C15H18BrNO4/c16-11-7-6-9(8-13(11)18)14(19)17-12-5-3-1-2-4-10(12)15(20)21/h6-8,10,12,18H,1-5H2,(H,17,19)(H,20,21). The molecule has 0 radical (unpaired) electrons. The number of benzene rings is 1. The molecular formula is C15H18BrNO4. The van der Waals surface area contributed by atoms with E-state index in [4.69, 9.17) is 0 Å². The van der Waals surface area contributed by atoms with Gasteiger partial charge in [-0.3, -0.25) is 9.59 Å². The van der Waals surface area contributed by atoms with E-state index >= 15 is 0 Å². The van der Waals surface area contributed by atoms with Gasteiger partial charge in [-0.25, -0.2) is 0 Å². The zero-order valence-corrected chi connectivity index (χ0v) is 13.1. The molecule has 0 aromatic heterocycles. The van der Waals surface area contributed by atoms with Gasteiger partial charge in [0.1, 0.15) is 5.75 Å². The van der Waals surface area contributed by atoms with Crippen LogP contribution in [0.5, 0.6) is 5.75 Å². The number of carboxylic acid groups (broad SMARTS) is 1. The average molecular weight is 356 g/mol. The molecule has 114 valence electrons. The van der Waals surface area contributed by atoms with Crippen molar-refractivity contribution in [2.24, 2.45) is 5.92 Å². The number of hydrogen-bond acceptors (Lipinski definition) is 3. The molecule has 2 unspecified atom stereocenters. The molecule has 21 heavy (non-hydrogen) atoms. The number of phenols is 1. The molecule has 5 nitrogen and oxygen atoms in total. The van der Waals surface area contributed by atoms with Crippen LogP contribution in [0, 0.1) is 5.92 Å². The minimum Gasteiger partial charge on any atom is -0.507 e. The van der Waals surface area contributed by atoms with Crippen LogP contribution in [-0.2, 0) is 4.79 Å². The molecule has 2 rings (SSSR count). The third-order valence-corrected chi connectivity index (χ3v) is 4.53. The molecule has 0 heterocycles. The fourth-order valence-electron chi connectivity index (χ4n) is 2.68. The highest BCUT2D eigenvalue weighted by atomic mass is 79.9. The summed E-state index contributed by atoms with van der Waals surface area (Å²) in [5, 5.41) is 21.7. The molecule has 6 heteroatoms. The molecule has 1 aromatic rings. The second kappa shape index (κ2) is 6.93. The zero-order chi connectivity index (χ0) is 15.4. The zero-order valence-electron chi connectivity index (χ0n) is 11.5. The number of nitrogens with one attached hydrogen (secondary N) is 1. The first kappa shape index (κ1) is 15.8. The number of aliphatic carboxylic acids is 1. The van der Waals surface area contributed by atoms with Crippen molar-refractivity contribution in [3.05, 3.63) is 28.2 Å². The third-order valence-electron chi connectivity index (χ3n) is 3.86. The second-order valence-electron chi connectivity index (χ2n) is 5.33. The summed E-state index contributed by atoms with van der Waals surface area (Å²) < 4.78 is 0.511. The van der Waals surface area contributed by atoms with Crippen molar-refractivity contribution in [2.45, 2.75) is 38.1 Å². The van der Waals surface area contributed by atoms with Gasteiger partial charge >= 0.3 is 5.97 Å². The number of carbonyl (C=O) groups excluding carboxylic acids is 1. The first-order valence-electron chi connectivity index (χ1n) is 7.01. The maximum Gasteiger partial charge on any atom is 0.308 e. The number of carbonyl (C=O) groups is 2. The number of aromatic hydroxyl groups is 1. The molecule has 0 spiro atoms. The van der Waals surface area contributed by atoms with Crippen LogP contribution in [0.25, 0.3) is 0 Å². The van der Waals surface area contributed by atoms with Gasteiger partial charge < -0.3 is 15.5 Å². The van der Waals surface area contributed by atoms with Crippen LogP contribution in [-0.4, -0.2) is 28.1 Å². The van der Waals surface area contributed by atoms with Gasteiger partial charge in [0.2, 0.25) is 0 Å². The highest BCUT2D eigenvalue weighted by Crippen LogP contribution is 2.26. The molecule has 0 aliphatic heterocycles. The summed E-state index contributed by atoms with van der Waals surface area (Å²) in [6.07, 6.45) is 4.05. The summed E-state index contributed by atoms with van der Waals surface area (Å²) in [6, 6.07) is 4.19. The lowest BCUT2D eigenvalue weighted by Crippen LogP contribution is -2.42. The van der Waals surface area contributed by atoms with E-state index < -0.39 is 11.9 Å². The minimum absolute atomic E-state index is 0.0155. The fraction of sp³-hybridized carbons (Fsp3) is 0.467. The van der Waals surface area contributed by atoms with E-state index in [1.54, 1.807) is 12.1 Å². The fourth-order valence-corrected chi connectivity index (χ4v) is 2.93. The van der Waals surface area contributed by atoms with E-state index in [1.165, 1.54) is 6.07 Å². The number of rotatable bonds is 3. The Morgan fingerprint density at radius 1 is 1.19 bits per heavy atom. The van der Waals surface area contributed by atoms with Crippen LogP contribution in [0.4, 0.5) is 0 Å². The molecule has 1 amide bonds. The topological polar surface area (TPSA) is 86.6 Å². The highest BCUT2D eigenvalue weighted by Gasteiger charge is 2.30. The van der Waals surface area contributed by atoms with Gasteiger partial charge in [-0.15, -0.1) is 0 Å². The summed E-state index contributed by atoms with van der Waals surface area (Å²) >= 11 is 3.16. The predicted octanol–water partition coefficient (Wildman–Crippen LogP) is 2.92. The van der Waals surface area contributed by atoms with Crippen molar-refractivity contribution in [3.8, 4) is 5.75 Å². The Labute approximate surface area is 131 Å². The van der Waals surface area contributed by atoms with Crippen molar-refractivity contribution in [3.63, 3.8) is 0 Å². The Kier molecular flexibility index (Phi) is 5.22. The molecule has 1 aliphatic rings. The first-order chi connectivity index (χ1) is 9.99. The Bertz CT molecular complexity index is 546. The number of phenolic OH excluding ortho intramolecular Hbond substituents is 1. The molecular weight excluding hydrogens is 338 g/mol. The summed E-state index contributed by atoms with van der Waals surface area (Å²) in [4.78, 5) is 23.6. The van der Waals surface area contributed by atoms with Crippen molar-refractivity contribution in [1.29, 1.82) is 0 Å². The van der Waals surface area contributed by atoms with Gasteiger partial charge in [-0.2, -0.15) is 0 Å². The van der Waals surface area contributed by atoms with E-state index in [0.29, 0.717) is 22.9 Å². The average Bonchev–Trinajstić information content (AvgIpc) is 2.67. The van der Waals surface area contributed by atoms with Crippen LogP contribution >= 0.6 is 15.9 Å². The lowest BCUT2D eigenvalue weighted by atomic mass is 9.94. The molecule has 1 fully saturated rings. The first-order valence-corrected chi connectivity index (χ1v) is 7.80. The number of halogens is 1. The summed E-state index contributed by atoms with van der Waals surface area (Å²) in [5.41, 5.74) is 0.323. The van der Waals surface area contributed by atoms with E-state index in [0.717, 1.165) is 19.3 Å². The van der Waals surface area contributed by atoms with E-state index in [9.17, 15) is 19.8 Å². The quantitative estimate of drug-likeness (QED) is 0.727. The maximum absolute atomic E-state index is 12.2. The summed E-state index contributed by atoms with van der Waals surface area (Å²) in [7, 11) is 0. The largest absolute Gasteiger partial charge is 0.507 e. The number of carboxylic acids is 1. The lowest BCUT2D eigenvalue weighted by Gasteiger charge is -2.23. The molecule has 3 N–H and O–H groups in total. The molecule has 1 aromatic carbocycles. The van der Waals surface area contributed by atoms with Gasteiger partial charge in [0, 0.05) is 11.6 Å². The van der Waals surface area contributed by atoms with Gasteiger partial charge in [-0.05, 0) is 47.0 Å². The minimum atomic E-state index is -0.860. The Balaban J connectivity index is 2.12. The summed E-state index contributed by atoms with van der Waals surface area (Å²) in [6.45, 7) is 0. The number of hydrogen-bond donors (Lipinski definition) is 3. The molecule has 1 aliphatic carbocycles. The van der Waals surface area contributed by atoms with E-state index in [2.05, 4.69) is 21.2 Å². The van der Waals surface area contributed by atoms with Gasteiger partial charge in [0.15, 0.2) is 0 Å². The van der Waals surface area contributed by atoms with Crippen molar-refractivity contribution in [2.75, 3.05) is 0 Å². The van der Waals surface area contributed by atoms with E-state index in [1.807, 2.05) is 0 Å². The maximum atomic E-state index is 12.2. The van der Waals surface area contributed by atoms with Crippen molar-refractivity contribution < 1.29 is 19.8 Å². The Morgan fingerprint density at radius 3 is 2.57 bits per heavy atom. The second-order valence-corrected chi connectivity index (χ2v) is 6.18. The molecule has 2 atom stereocenters. The highest BCUT2D eigenvalue weighted by molar-refractivity contribution is 9.10. The normalized spacial score (nSPS) is 22.3. The van der Waals surface area contributed by atoms with Gasteiger partial charge in [0.25, 0.3) is 5.91 Å². The van der Waals surface area contributed by atoms with Crippen LogP contribution < -0.4 is 5.32 Å². The Morgan fingerprint density at radius 2 is 1.90 bits per heavy atom. The SMILES string of the molecule is O=C(NC1CCCCCC1C(=O)O)c1ccc(Br)c(O)c1. The molecule has 1 saturated carbocycles. The van der Waals surface area contributed by atoms with E-state index in [-0.39, 0.29) is 17.7 Å². The van der Waals surface area contributed by atoms with Crippen LogP contribution in [0.15, 0.2) is 22.7 Å². The van der Waals surface area contributed by atoms with Crippen LogP contribution in [0.2, 0.25) is 0 Å². The monoisotopic (exact) mass is 355 g/mol. The van der Waals surface area contributed by atoms with Crippen LogP contribution in [0.3, 0.4) is 0 Å². The smallest absolute Gasteiger partial charge is 0.308 e. The molecule has 0 bridgehead atoms. The summed E-state index contributed by atoms with van der Waals surface area (Å²) in [5.74, 6) is -1.77. The van der Waals surface area contributed by atoms with Gasteiger partial charge in [0.05, 0.1) is 10.4 Å². The molecule has 0 saturated heterocycles. The van der Waals surface area contributed by atoms with Crippen molar-refractivity contribution >= 4 is 27.8 Å². The van der Waals surface area contributed by atoms with Crippen LogP contribution in [0.1, 0.15) is 42.5 Å². The Hall–Kier alpha value is -1.56. The van der Waals surface area contributed by atoms with Gasteiger partial charge in [-0.1, -0.05) is 19.3 Å².